The molecule has 0 saturated carbocycles. The molecule has 1 aromatic rings. The Morgan fingerprint density at radius 3 is 2.50 bits per heavy atom. The number of halogens is 3. The number of rotatable bonds is 4. The highest BCUT2D eigenvalue weighted by Gasteiger charge is 2.45. The number of alkyl halides is 3. The summed E-state index contributed by atoms with van der Waals surface area (Å²) in [6.07, 6.45) is 0.134. The van der Waals surface area contributed by atoms with E-state index in [-0.39, 0.29) is 5.54 Å². The van der Waals surface area contributed by atoms with Crippen LogP contribution in [0.2, 0.25) is 0 Å². The summed E-state index contributed by atoms with van der Waals surface area (Å²) in [6.45, 7) is 10.8. The van der Waals surface area contributed by atoms with Crippen molar-refractivity contribution in [1.82, 2.24) is 14.8 Å². The highest BCUT2D eigenvalue weighted by Crippen LogP contribution is 2.40. The normalized spacial score (nSPS) is 22.9. The number of aromatic nitrogens is 1. The van der Waals surface area contributed by atoms with Gasteiger partial charge < -0.3 is 14.9 Å². The van der Waals surface area contributed by atoms with Crippen molar-refractivity contribution in [2.24, 2.45) is 5.92 Å². The Morgan fingerprint density at radius 2 is 1.97 bits per heavy atom. The first kappa shape index (κ1) is 24.6. The van der Waals surface area contributed by atoms with Crippen molar-refractivity contribution in [3.63, 3.8) is 0 Å². The minimum absolute atomic E-state index is 0.0837. The number of hydrogen-bond acceptors (Lipinski definition) is 5. The minimum Gasteiger partial charge on any atom is -0.475 e. The van der Waals surface area contributed by atoms with Crippen molar-refractivity contribution in [3.8, 4) is 0 Å². The van der Waals surface area contributed by atoms with E-state index < -0.39 is 12.1 Å². The molecule has 0 aromatic carbocycles. The molecule has 1 aromatic heterocycles. The van der Waals surface area contributed by atoms with Crippen LogP contribution in [0.15, 0.2) is 5.38 Å². The predicted molar refractivity (Wildman–Crippen MR) is 108 cm³/mol. The fraction of sp³-hybridized carbons (Fsp3) is 0.750. The first-order valence-corrected chi connectivity index (χ1v) is 11.0. The van der Waals surface area contributed by atoms with E-state index in [0.717, 1.165) is 36.5 Å². The quantitative estimate of drug-likeness (QED) is 0.750. The fourth-order valence-electron chi connectivity index (χ4n) is 4.23. The lowest BCUT2D eigenvalue weighted by molar-refractivity contribution is -0.192. The monoisotopic (exact) mass is 449 g/mol. The number of carbonyl (C=O) groups excluding carboxylic acids is 1. The molecule has 170 valence electrons. The molecule has 2 saturated heterocycles. The van der Waals surface area contributed by atoms with Crippen LogP contribution in [0.5, 0.6) is 0 Å². The van der Waals surface area contributed by atoms with E-state index in [4.69, 9.17) is 9.90 Å². The molecule has 3 heterocycles. The molecule has 0 radical (unpaired) electrons. The molecule has 0 aliphatic carbocycles. The third-order valence-electron chi connectivity index (χ3n) is 5.54. The molecule has 2 fully saturated rings. The van der Waals surface area contributed by atoms with Crippen molar-refractivity contribution in [2.45, 2.75) is 71.1 Å². The standard InChI is InChI=1S/C18H29N3OS.C2HF3O2/c1-14(2)11-20-9-4-6-18(8-10-20)7-5-17(22)21(18)12-16-13-23-15(3)19-16;3-2(4,5)1(6)7/h13-14H,4-12H2,1-3H3;(H,6,7). The number of thiazole rings is 1. The Kier molecular flexibility index (Phi) is 8.27. The minimum atomic E-state index is -5.08. The van der Waals surface area contributed by atoms with Crippen LogP contribution in [-0.2, 0) is 16.1 Å². The summed E-state index contributed by atoms with van der Waals surface area (Å²) in [7, 11) is 0. The number of aryl methyl sites for hydroxylation is 1. The second-order valence-electron chi connectivity index (χ2n) is 8.41. The summed E-state index contributed by atoms with van der Waals surface area (Å²) in [6, 6.07) is 0. The van der Waals surface area contributed by atoms with E-state index in [1.54, 1.807) is 11.3 Å². The van der Waals surface area contributed by atoms with Crippen molar-refractivity contribution in [2.75, 3.05) is 19.6 Å². The maximum atomic E-state index is 12.5. The van der Waals surface area contributed by atoms with Crippen LogP contribution < -0.4 is 0 Å². The highest BCUT2D eigenvalue weighted by atomic mass is 32.1. The van der Waals surface area contributed by atoms with Gasteiger partial charge in [-0.25, -0.2) is 9.78 Å². The van der Waals surface area contributed by atoms with Crippen molar-refractivity contribution in [3.05, 3.63) is 16.1 Å². The maximum Gasteiger partial charge on any atom is 0.490 e. The highest BCUT2D eigenvalue weighted by molar-refractivity contribution is 7.09. The van der Waals surface area contributed by atoms with Gasteiger partial charge in [0.25, 0.3) is 0 Å². The average molecular weight is 450 g/mol. The van der Waals surface area contributed by atoms with Crippen LogP contribution in [0.4, 0.5) is 13.2 Å². The van der Waals surface area contributed by atoms with Gasteiger partial charge in [0, 0.05) is 30.4 Å². The summed E-state index contributed by atoms with van der Waals surface area (Å²) < 4.78 is 31.7. The summed E-state index contributed by atoms with van der Waals surface area (Å²) >= 11 is 1.68. The lowest BCUT2D eigenvalue weighted by Gasteiger charge is -2.38. The lowest BCUT2D eigenvalue weighted by atomic mass is 9.87. The number of hydrogen-bond donors (Lipinski definition) is 1. The van der Waals surface area contributed by atoms with E-state index in [2.05, 4.69) is 34.0 Å². The van der Waals surface area contributed by atoms with Gasteiger partial charge >= 0.3 is 12.1 Å². The molecule has 30 heavy (non-hydrogen) atoms. The van der Waals surface area contributed by atoms with Crippen molar-refractivity contribution < 1.29 is 27.9 Å². The van der Waals surface area contributed by atoms with Gasteiger partial charge in [-0.3, -0.25) is 4.79 Å². The van der Waals surface area contributed by atoms with Gasteiger partial charge in [0.2, 0.25) is 5.91 Å². The van der Waals surface area contributed by atoms with E-state index in [1.165, 1.54) is 19.5 Å². The second kappa shape index (κ2) is 10.1. The summed E-state index contributed by atoms with van der Waals surface area (Å²) in [5.41, 5.74) is 1.14. The number of aliphatic carboxylic acids is 1. The van der Waals surface area contributed by atoms with Gasteiger partial charge in [-0.15, -0.1) is 11.3 Å². The van der Waals surface area contributed by atoms with Crippen LogP contribution in [0, 0.1) is 12.8 Å². The van der Waals surface area contributed by atoms with E-state index in [9.17, 15) is 18.0 Å². The molecule has 1 spiro atoms. The molecule has 2 aliphatic rings. The largest absolute Gasteiger partial charge is 0.490 e. The van der Waals surface area contributed by atoms with Gasteiger partial charge in [-0.2, -0.15) is 13.2 Å². The average Bonchev–Trinajstić information content (AvgIpc) is 3.10. The number of carboxylic acid groups (broad SMARTS) is 1. The molecule has 0 bridgehead atoms. The molecule has 1 N–H and O–H groups in total. The summed E-state index contributed by atoms with van der Waals surface area (Å²) in [5, 5.41) is 10.3. The molecule has 1 amide bonds. The Morgan fingerprint density at radius 1 is 1.30 bits per heavy atom. The topological polar surface area (TPSA) is 73.7 Å². The number of nitrogens with zero attached hydrogens (tertiary/aromatic N) is 3. The van der Waals surface area contributed by atoms with Gasteiger partial charge in [0.1, 0.15) is 0 Å². The van der Waals surface area contributed by atoms with Crippen LogP contribution in [-0.4, -0.2) is 63.1 Å². The van der Waals surface area contributed by atoms with Crippen LogP contribution in [0.1, 0.15) is 56.7 Å². The van der Waals surface area contributed by atoms with Gasteiger partial charge in [-0.05, 0) is 45.1 Å². The molecule has 1 unspecified atom stereocenters. The second-order valence-corrected chi connectivity index (χ2v) is 9.48. The van der Waals surface area contributed by atoms with Crippen LogP contribution in [0.3, 0.4) is 0 Å². The number of carbonyl (C=O) groups is 2. The molecule has 6 nitrogen and oxygen atoms in total. The predicted octanol–water partition coefficient (Wildman–Crippen LogP) is 4.09. The third kappa shape index (κ3) is 6.66. The Labute approximate surface area is 179 Å². The summed E-state index contributed by atoms with van der Waals surface area (Å²) in [4.78, 5) is 30.8. The Balaban J connectivity index is 0.000000396. The smallest absolute Gasteiger partial charge is 0.475 e. The zero-order valence-corrected chi connectivity index (χ0v) is 18.5. The molecule has 1 atom stereocenters. The zero-order valence-electron chi connectivity index (χ0n) is 17.7. The van der Waals surface area contributed by atoms with Crippen LogP contribution in [0.25, 0.3) is 0 Å². The van der Waals surface area contributed by atoms with Gasteiger partial charge in [0.05, 0.1) is 17.2 Å². The molecular weight excluding hydrogens is 419 g/mol. The SMILES string of the molecule is Cc1nc(CN2C(=O)CCC23CCCN(CC(C)C)CC3)cs1.O=C(O)C(F)(F)F. The van der Waals surface area contributed by atoms with E-state index in [0.29, 0.717) is 24.8 Å². The van der Waals surface area contributed by atoms with Gasteiger partial charge in [0.15, 0.2) is 0 Å². The molecule has 2 aliphatic heterocycles. The van der Waals surface area contributed by atoms with Gasteiger partial charge in [-0.1, -0.05) is 13.8 Å². The Hall–Kier alpha value is -1.68. The fourth-order valence-corrected chi connectivity index (χ4v) is 4.83. The molecule has 3 rings (SSSR count). The van der Waals surface area contributed by atoms with Crippen molar-refractivity contribution in [1.29, 1.82) is 0 Å². The first-order chi connectivity index (χ1) is 13.9. The van der Waals surface area contributed by atoms with Crippen molar-refractivity contribution >= 4 is 23.2 Å². The molecular formula is C20H30F3N3O3S. The number of likely N-dealkylation sites (tertiary alicyclic amines) is 2. The maximum absolute atomic E-state index is 12.5. The zero-order chi connectivity index (χ0) is 22.5. The number of carboxylic acids is 1. The Bertz CT molecular complexity index is 738. The van der Waals surface area contributed by atoms with Crippen LogP contribution >= 0.6 is 11.3 Å². The van der Waals surface area contributed by atoms with E-state index >= 15 is 0 Å². The molecule has 10 heteroatoms. The third-order valence-corrected chi connectivity index (χ3v) is 6.36. The first-order valence-electron chi connectivity index (χ1n) is 10.2. The van der Waals surface area contributed by atoms with E-state index in [1.807, 2.05) is 6.92 Å². The number of amides is 1. The summed E-state index contributed by atoms with van der Waals surface area (Å²) in [5.74, 6) is -1.72. The lowest BCUT2D eigenvalue weighted by Crippen LogP contribution is -2.46.